The Morgan fingerprint density at radius 2 is 1.86 bits per heavy atom. The van der Waals surface area contributed by atoms with Gasteiger partial charge in [-0.05, 0) is 17.7 Å². The van der Waals surface area contributed by atoms with Gasteiger partial charge in [0.05, 0.1) is 19.2 Å². The van der Waals surface area contributed by atoms with Crippen molar-refractivity contribution in [1.29, 1.82) is 0 Å². The molecule has 1 unspecified atom stereocenters. The SMILES string of the molecule is COC(=O)C(Cn1nnc2ccccc21)c1ccccc1. The number of rotatable bonds is 4. The summed E-state index contributed by atoms with van der Waals surface area (Å²) >= 11 is 0. The van der Waals surface area contributed by atoms with Crippen LogP contribution in [0.2, 0.25) is 0 Å². The zero-order valence-electron chi connectivity index (χ0n) is 11.6. The van der Waals surface area contributed by atoms with E-state index in [9.17, 15) is 4.79 Å². The lowest BCUT2D eigenvalue weighted by atomic mass is 9.99. The smallest absolute Gasteiger partial charge is 0.315 e. The van der Waals surface area contributed by atoms with E-state index in [1.807, 2.05) is 54.6 Å². The molecule has 3 rings (SSSR count). The Kier molecular flexibility index (Phi) is 3.64. The highest BCUT2D eigenvalue weighted by molar-refractivity contribution is 5.79. The summed E-state index contributed by atoms with van der Waals surface area (Å²) < 4.78 is 6.67. The van der Waals surface area contributed by atoms with Crippen LogP contribution in [0, 0.1) is 0 Å². The number of aromatic nitrogens is 3. The molecule has 0 bridgehead atoms. The topological polar surface area (TPSA) is 57.0 Å². The molecule has 0 aliphatic heterocycles. The molecule has 2 aromatic carbocycles. The molecule has 0 amide bonds. The molecular formula is C16H15N3O2. The van der Waals surface area contributed by atoms with Gasteiger partial charge in [-0.1, -0.05) is 47.7 Å². The molecule has 0 fully saturated rings. The predicted octanol–water partition coefficient (Wildman–Crippen LogP) is 2.39. The first-order valence-corrected chi connectivity index (χ1v) is 6.70. The van der Waals surface area contributed by atoms with Gasteiger partial charge in [0, 0.05) is 0 Å². The molecule has 0 saturated heterocycles. The predicted molar refractivity (Wildman–Crippen MR) is 78.7 cm³/mol. The second-order valence-corrected chi connectivity index (χ2v) is 4.75. The van der Waals surface area contributed by atoms with Crippen molar-refractivity contribution in [2.24, 2.45) is 0 Å². The Morgan fingerprint density at radius 3 is 2.62 bits per heavy atom. The third-order valence-corrected chi connectivity index (χ3v) is 3.46. The van der Waals surface area contributed by atoms with Gasteiger partial charge in [-0.3, -0.25) is 4.79 Å². The van der Waals surface area contributed by atoms with Gasteiger partial charge in [-0.2, -0.15) is 0 Å². The van der Waals surface area contributed by atoms with E-state index in [1.54, 1.807) is 4.68 Å². The summed E-state index contributed by atoms with van der Waals surface area (Å²) in [7, 11) is 1.40. The Morgan fingerprint density at radius 1 is 1.14 bits per heavy atom. The lowest BCUT2D eigenvalue weighted by Gasteiger charge is -2.15. The van der Waals surface area contributed by atoms with Crippen molar-refractivity contribution in [1.82, 2.24) is 15.0 Å². The van der Waals surface area contributed by atoms with Gasteiger partial charge in [0.15, 0.2) is 0 Å². The fourth-order valence-electron chi connectivity index (χ4n) is 2.37. The molecule has 0 spiro atoms. The van der Waals surface area contributed by atoms with Gasteiger partial charge in [0.2, 0.25) is 0 Å². The van der Waals surface area contributed by atoms with E-state index in [1.165, 1.54) is 7.11 Å². The van der Waals surface area contributed by atoms with Crippen LogP contribution in [0.4, 0.5) is 0 Å². The summed E-state index contributed by atoms with van der Waals surface area (Å²) in [4.78, 5) is 12.1. The molecule has 3 aromatic rings. The molecule has 0 radical (unpaired) electrons. The second kappa shape index (κ2) is 5.75. The summed E-state index contributed by atoms with van der Waals surface area (Å²) in [5.41, 5.74) is 2.63. The molecule has 1 atom stereocenters. The number of para-hydroxylation sites is 1. The summed E-state index contributed by atoms with van der Waals surface area (Å²) in [6.45, 7) is 0.400. The Balaban J connectivity index is 1.97. The maximum atomic E-state index is 12.1. The fourth-order valence-corrected chi connectivity index (χ4v) is 2.37. The molecule has 0 aliphatic rings. The van der Waals surface area contributed by atoms with Crippen LogP contribution in [0.25, 0.3) is 11.0 Å². The average molecular weight is 281 g/mol. The van der Waals surface area contributed by atoms with Crippen LogP contribution in [0.15, 0.2) is 54.6 Å². The average Bonchev–Trinajstić information content (AvgIpc) is 2.96. The molecule has 0 aliphatic carbocycles. The highest BCUT2D eigenvalue weighted by atomic mass is 16.5. The minimum atomic E-state index is -0.402. The molecule has 0 saturated carbocycles. The summed E-state index contributed by atoms with van der Waals surface area (Å²) in [5, 5.41) is 8.25. The van der Waals surface area contributed by atoms with Gasteiger partial charge in [0.1, 0.15) is 11.4 Å². The van der Waals surface area contributed by atoms with Gasteiger partial charge < -0.3 is 4.74 Å². The number of hydrogen-bond donors (Lipinski definition) is 0. The van der Waals surface area contributed by atoms with E-state index in [4.69, 9.17) is 4.74 Å². The summed E-state index contributed by atoms with van der Waals surface area (Å²) in [6.07, 6.45) is 0. The number of methoxy groups -OCH3 is 1. The third kappa shape index (κ3) is 2.63. The van der Waals surface area contributed by atoms with Crippen LogP contribution in [-0.4, -0.2) is 28.1 Å². The highest BCUT2D eigenvalue weighted by Crippen LogP contribution is 2.21. The van der Waals surface area contributed by atoms with Crippen LogP contribution < -0.4 is 0 Å². The number of esters is 1. The van der Waals surface area contributed by atoms with Crippen molar-refractivity contribution in [3.8, 4) is 0 Å². The Bertz CT molecular complexity index is 752. The zero-order valence-corrected chi connectivity index (χ0v) is 11.6. The molecular weight excluding hydrogens is 266 g/mol. The molecule has 1 heterocycles. The van der Waals surface area contributed by atoms with Crippen molar-refractivity contribution >= 4 is 17.0 Å². The van der Waals surface area contributed by atoms with Gasteiger partial charge in [-0.25, -0.2) is 4.68 Å². The number of ether oxygens (including phenoxy) is 1. The minimum absolute atomic E-state index is 0.277. The quantitative estimate of drug-likeness (QED) is 0.689. The third-order valence-electron chi connectivity index (χ3n) is 3.46. The molecule has 0 N–H and O–H groups in total. The molecule has 21 heavy (non-hydrogen) atoms. The fraction of sp³-hybridized carbons (Fsp3) is 0.188. The van der Waals surface area contributed by atoms with Gasteiger partial charge in [0.25, 0.3) is 0 Å². The molecule has 106 valence electrons. The van der Waals surface area contributed by atoms with E-state index in [2.05, 4.69) is 10.3 Å². The van der Waals surface area contributed by atoms with Crippen LogP contribution in [0.5, 0.6) is 0 Å². The van der Waals surface area contributed by atoms with Crippen LogP contribution in [-0.2, 0) is 16.1 Å². The van der Waals surface area contributed by atoms with E-state index in [-0.39, 0.29) is 5.97 Å². The van der Waals surface area contributed by atoms with Gasteiger partial charge >= 0.3 is 5.97 Å². The van der Waals surface area contributed by atoms with Crippen molar-refractivity contribution in [3.05, 3.63) is 60.2 Å². The maximum absolute atomic E-state index is 12.1. The monoisotopic (exact) mass is 281 g/mol. The Labute approximate surface area is 122 Å². The second-order valence-electron chi connectivity index (χ2n) is 4.75. The van der Waals surface area contributed by atoms with Crippen LogP contribution in [0.3, 0.4) is 0 Å². The minimum Gasteiger partial charge on any atom is -0.468 e. The first kappa shape index (κ1) is 13.3. The molecule has 5 nitrogen and oxygen atoms in total. The standard InChI is InChI=1S/C16H15N3O2/c1-21-16(20)13(12-7-3-2-4-8-12)11-19-15-10-6-5-9-14(15)17-18-19/h2-10,13H,11H2,1H3. The molecule has 5 heteroatoms. The van der Waals surface area contributed by atoms with Crippen LogP contribution >= 0.6 is 0 Å². The number of benzene rings is 2. The number of fused-ring (bicyclic) bond motifs is 1. The largest absolute Gasteiger partial charge is 0.468 e. The lowest BCUT2D eigenvalue weighted by Crippen LogP contribution is -2.20. The van der Waals surface area contributed by atoms with E-state index >= 15 is 0 Å². The number of carbonyl (C=O) groups excluding carboxylic acids is 1. The molecule has 1 aromatic heterocycles. The normalized spacial score (nSPS) is 12.2. The van der Waals surface area contributed by atoms with Crippen LogP contribution in [0.1, 0.15) is 11.5 Å². The lowest BCUT2D eigenvalue weighted by molar-refractivity contribution is -0.142. The first-order valence-electron chi connectivity index (χ1n) is 6.70. The van der Waals surface area contributed by atoms with Gasteiger partial charge in [-0.15, -0.1) is 5.10 Å². The number of hydrogen-bond acceptors (Lipinski definition) is 4. The van der Waals surface area contributed by atoms with E-state index in [0.717, 1.165) is 16.6 Å². The van der Waals surface area contributed by atoms with Crippen molar-refractivity contribution in [2.75, 3.05) is 7.11 Å². The first-order chi connectivity index (χ1) is 10.3. The number of nitrogens with zero attached hydrogens (tertiary/aromatic N) is 3. The summed E-state index contributed by atoms with van der Waals surface area (Å²) in [6, 6.07) is 17.2. The van der Waals surface area contributed by atoms with Crippen molar-refractivity contribution < 1.29 is 9.53 Å². The van der Waals surface area contributed by atoms with Crippen molar-refractivity contribution in [2.45, 2.75) is 12.5 Å². The Hall–Kier alpha value is -2.69. The van der Waals surface area contributed by atoms with E-state index < -0.39 is 5.92 Å². The summed E-state index contributed by atoms with van der Waals surface area (Å²) in [5.74, 6) is -0.679. The maximum Gasteiger partial charge on any atom is 0.315 e. The number of carbonyl (C=O) groups is 1. The highest BCUT2D eigenvalue weighted by Gasteiger charge is 2.23. The van der Waals surface area contributed by atoms with E-state index in [0.29, 0.717) is 6.54 Å². The van der Waals surface area contributed by atoms with Crippen molar-refractivity contribution in [3.63, 3.8) is 0 Å². The zero-order chi connectivity index (χ0) is 14.7.